The molecule has 0 aliphatic heterocycles. The van der Waals surface area contributed by atoms with Crippen molar-refractivity contribution in [1.29, 1.82) is 0 Å². The molecule has 0 aromatic carbocycles. The first kappa shape index (κ1) is 24.0. The summed E-state index contributed by atoms with van der Waals surface area (Å²) in [6, 6.07) is 3.62. The third-order valence-corrected chi connectivity index (χ3v) is 6.20. The Hall–Kier alpha value is -2.63. The van der Waals surface area contributed by atoms with Crippen LogP contribution in [-0.2, 0) is 22.5 Å². The summed E-state index contributed by atoms with van der Waals surface area (Å²) in [5, 5.41) is 0. The lowest BCUT2D eigenvalue weighted by molar-refractivity contribution is -0.136. The average molecular weight is 441 g/mol. The Morgan fingerprint density at radius 2 is 2.00 bits per heavy atom. The van der Waals surface area contributed by atoms with Gasteiger partial charge in [0.2, 0.25) is 0 Å². The van der Waals surface area contributed by atoms with Crippen molar-refractivity contribution in [3.05, 3.63) is 46.9 Å². The molecule has 1 aliphatic rings. The zero-order valence-corrected chi connectivity index (χ0v) is 19.7. The molecule has 0 saturated heterocycles. The second kappa shape index (κ2) is 11.8. The second-order valence-electron chi connectivity index (χ2n) is 8.74. The molecule has 0 N–H and O–H groups in total. The van der Waals surface area contributed by atoms with Crippen LogP contribution in [0.4, 0.5) is 0 Å². The molecule has 3 rings (SSSR count). The van der Waals surface area contributed by atoms with Crippen molar-refractivity contribution in [2.75, 3.05) is 7.11 Å². The van der Waals surface area contributed by atoms with Crippen LogP contribution in [0.3, 0.4) is 0 Å². The number of hydrogen-bond donors (Lipinski definition) is 0. The lowest BCUT2D eigenvalue weighted by Crippen LogP contribution is -2.11. The van der Waals surface area contributed by atoms with E-state index in [9.17, 15) is 9.59 Å². The van der Waals surface area contributed by atoms with E-state index >= 15 is 0 Å². The molecule has 1 aliphatic carbocycles. The first-order chi connectivity index (χ1) is 15.5. The predicted molar refractivity (Wildman–Crippen MR) is 124 cm³/mol. The topological polar surface area (TPSA) is 74.3 Å². The highest BCUT2D eigenvalue weighted by Crippen LogP contribution is 2.31. The van der Waals surface area contributed by atoms with Gasteiger partial charge in [0.15, 0.2) is 11.5 Å². The van der Waals surface area contributed by atoms with E-state index in [0.717, 1.165) is 56.5 Å². The monoisotopic (exact) mass is 440 g/mol. The largest absolute Gasteiger partial charge is 0.466 e. The summed E-state index contributed by atoms with van der Waals surface area (Å²) in [5.41, 5.74) is 1.56. The fourth-order valence-corrected chi connectivity index (χ4v) is 4.42. The van der Waals surface area contributed by atoms with Gasteiger partial charge in [0, 0.05) is 18.4 Å². The van der Waals surface area contributed by atoms with Crippen molar-refractivity contribution in [2.45, 2.75) is 84.6 Å². The normalized spacial score (nSPS) is 14.8. The number of rotatable bonds is 12. The Kier molecular flexibility index (Phi) is 8.89. The van der Waals surface area contributed by atoms with Gasteiger partial charge in [-0.05, 0) is 43.4 Å². The molecule has 174 valence electrons. The summed E-state index contributed by atoms with van der Waals surface area (Å²) in [6.45, 7) is 4.61. The van der Waals surface area contributed by atoms with Crippen LogP contribution < -0.4 is 0 Å². The third kappa shape index (κ3) is 6.21. The maximum absolute atomic E-state index is 12.5. The number of carbonyl (C=O) groups excluding carboxylic acids is 2. The van der Waals surface area contributed by atoms with E-state index in [1.54, 1.807) is 6.07 Å². The molecule has 0 bridgehead atoms. The zero-order valence-electron chi connectivity index (χ0n) is 19.7. The van der Waals surface area contributed by atoms with E-state index in [1.165, 1.54) is 20.0 Å². The molecule has 0 amide bonds. The highest BCUT2D eigenvalue weighted by atomic mass is 16.5. The van der Waals surface area contributed by atoms with Gasteiger partial charge in [0.1, 0.15) is 11.6 Å². The van der Waals surface area contributed by atoms with E-state index in [-0.39, 0.29) is 11.8 Å². The standard InChI is InChI=1S/C26H36N2O4/c1-4-6-12-25-27-17-21(16-20(26(30)31-3)15-19-10-7-8-11-19)28(25)18-22-13-14-24(32-22)23(29)9-5-2/h13-14,16-17,19H,4-12,15,18H2,1-3H3/b20-16+. The minimum absolute atomic E-state index is 0.0280. The van der Waals surface area contributed by atoms with E-state index in [1.807, 2.05) is 25.3 Å². The SMILES string of the molecule is CCCCc1ncc(/C=C(\CC2CCCC2)C(=O)OC)n1Cc1ccc(C(=O)CCC)o1. The van der Waals surface area contributed by atoms with Gasteiger partial charge < -0.3 is 13.7 Å². The van der Waals surface area contributed by atoms with Crippen LogP contribution in [0.25, 0.3) is 6.08 Å². The minimum atomic E-state index is -0.273. The molecule has 0 spiro atoms. The van der Waals surface area contributed by atoms with Crippen LogP contribution in [-0.4, -0.2) is 28.4 Å². The average Bonchev–Trinajstić information content (AvgIpc) is 3.54. The molecule has 6 nitrogen and oxygen atoms in total. The number of methoxy groups -OCH3 is 1. The molecular formula is C26H36N2O4. The smallest absolute Gasteiger partial charge is 0.333 e. The zero-order chi connectivity index (χ0) is 22.9. The summed E-state index contributed by atoms with van der Waals surface area (Å²) < 4.78 is 13.0. The molecule has 6 heteroatoms. The van der Waals surface area contributed by atoms with Crippen molar-refractivity contribution in [3.8, 4) is 0 Å². The van der Waals surface area contributed by atoms with Crippen molar-refractivity contribution < 1.29 is 18.7 Å². The van der Waals surface area contributed by atoms with Crippen LogP contribution in [0.2, 0.25) is 0 Å². The highest BCUT2D eigenvalue weighted by molar-refractivity contribution is 5.93. The lowest BCUT2D eigenvalue weighted by Gasteiger charge is -2.13. The number of esters is 1. The molecule has 2 aromatic heterocycles. The summed E-state index contributed by atoms with van der Waals surface area (Å²) in [4.78, 5) is 29.3. The fraction of sp³-hybridized carbons (Fsp3) is 0.577. The number of ether oxygens (including phenoxy) is 1. The fourth-order valence-electron chi connectivity index (χ4n) is 4.42. The first-order valence-electron chi connectivity index (χ1n) is 12.0. The second-order valence-corrected chi connectivity index (χ2v) is 8.74. The quantitative estimate of drug-likeness (QED) is 0.230. The first-order valence-corrected chi connectivity index (χ1v) is 12.0. The number of carbonyl (C=O) groups is 2. The van der Waals surface area contributed by atoms with Gasteiger partial charge in [0.25, 0.3) is 0 Å². The van der Waals surface area contributed by atoms with Gasteiger partial charge in [-0.2, -0.15) is 0 Å². The van der Waals surface area contributed by atoms with Crippen LogP contribution in [0.15, 0.2) is 28.3 Å². The lowest BCUT2D eigenvalue weighted by atomic mass is 9.97. The van der Waals surface area contributed by atoms with Gasteiger partial charge in [-0.25, -0.2) is 9.78 Å². The van der Waals surface area contributed by atoms with E-state index in [0.29, 0.717) is 36.0 Å². The minimum Gasteiger partial charge on any atom is -0.466 e. The van der Waals surface area contributed by atoms with Crippen molar-refractivity contribution in [3.63, 3.8) is 0 Å². The number of unbranched alkanes of at least 4 members (excludes halogenated alkanes) is 1. The molecule has 32 heavy (non-hydrogen) atoms. The Morgan fingerprint density at radius 3 is 2.69 bits per heavy atom. The third-order valence-electron chi connectivity index (χ3n) is 6.20. The molecule has 0 radical (unpaired) electrons. The Morgan fingerprint density at radius 1 is 1.22 bits per heavy atom. The Balaban J connectivity index is 1.89. The summed E-state index contributed by atoms with van der Waals surface area (Å²) in [5.74, 6) is 2.37. The number of Topliss-reactive ketones (excluding diaryl/α,β-unsaturated/α-hetero) is 1. The van der Waals surface area contributed by atoms with Crippen LogP contribution in [0, 0.1) is 5.92 Å². The summed E-state index contributed by atoms with van der Waals surface area (Å²) in [7, 11) is 1.44. The maximum atomic E-state index is 12.5. The Bertz CT molecular complexity index is 932. The van der Waals surface area contributed by atoms with Gasteiger partial charge >= 0.3 is 5.97 Å². The molecule has 2 heterocycles. The van der Waals surface area contributed by atoms with Gasteiger partial charge in [0.05, 0.1) is 25.5 Å². The molecule has 0 unspecified atom stereocenters. The van der Waals surface area contributed by atoms with E-state index < -0.39 is 0 Å². The molecule has 2 aromatic rings. The van der Waals surface area contributed by atoms with Crippen LogP contribution in [0.1, 0.15) is 99.5 Å². The highest BCUT2D eigenvalue weighted by Gasteiger charge is 2.22. The van der Waals surface area contributed by atoms with Gasteiger partial charge in [-0.3, -0.25) is 4.79 Å². The number of aryl methyl sites for hydroxylation is 1. The maximum Gasteiger partial charge on any atom is 0.333 e. The van der Waals surface area contributed by atoms with Crippen LogP contribution >= 0.6 is 0 Å². The molecule has 0 atom stereocenters. The van der Waals surface area contributed by atoms with Gasteiger partial charge in [-0.15, -0.1) is 0 Å². The number of nitrogens with zero attached hydrogens (tertiary/aromatic N) is 2. The predicted octanol–water partition coefficient (Wildman–Crippen LogP) is 5.99. The molecular weight excluding hydrogens is 404 g/mol. The summed E-state index contributed by atoms with van der Waals surface area (Å²) in [6.07, 6.45) is 13.5. The van der Waals surface area contributed by atoms with E-state index in [2.05, 4.69) is 16.5 Å². The van der Waals surface area contributed by atoms with Gasteiger partial charge in [-0.1, -0.05) is 46.0 Å². The summed E-state index contributed by atoms with van der Waals surface area (Å²) >= 11 is 0. The van der Waals surface area contributed by atoms with Crippen molar-refractivity contribution in [1.82, 2.24) is 9.55 Å². The number of hydrogen-bond acceptors (Lipinski definition) is 5. The van der Waals surface area contributed by atoms with E-state index in [4.69, 9.17) is 9.15 Å². The van der Waals surface area contributed by atoms with Crippen molar-refractivity contribution >= 4 is 17.8 Å². The van der Waals surface area contributed by atoms with Crippen LogP contribution in [0.5, 0.6) is 0 Å². The molecule has 1 fully saturated rings. The Labute approximate surface area is 191 Å². The number of ketones is 1. The molecule has 1 saturated carbocycles. The number of aromatic nitrogens is 2. The number of imidazole rings is 1. The number of furan rings is 1. The van der Waals surface area contributed by atoms with Crippen molar-refractivity contribution in [2.24, 2.45) is 5.92 Å².